The monoisotopic (exact) mass is 368 g/mol. The number of unbranched alkanes of at least 4 members (excludes halogenated alkanes) is 1. The first-order chi connectivity index (χ1) is 13.2. The number of hydrogen-bond donors (Lipinski definition) is 1. The molecule has 0 radical (unpaired) electrons. The van der Waals surface area contributed by atoms with Crippen LogP contribution in [-0.2, 0) is 6.54 Å². The van der Waals surface area contributed by atoms with Crippen LogP contribution in [0.25, 0.3) is 11.3 Å². The van der Waals surface area contributed by atoms with E-state index in [1.54, 1.807) is 0 Å². The van der Waals surface area contributed by atoms with E-state index in [2.05, 4.69) is 56.2 Å². The number of nitrogens with zero attached hydrogens (tertiary/aromatic N) is 5. The lowest BCUT2D eigenvalue weighted by molar-refractivity contribution is 0.269. The SMILES string of the molecule is CCCCNc1ncc(-c2ccc(CN3CCCN(C)CC3)cn2)c(C)n1. The van der Waals surface area contributed by atoms with E-state index in [0.717, 1.165) is 62.5 Å². The minimum Gasteiger partial charge on any atom is -0.354 e. The molecule has 0 unspecified atom stereocenters. The molecule has 1 aliphatic heterocycles. The Labute approximate surface area is 163 Å². The normalized spacial score (nSPS) is 16.3. The molecule has 6 nitrogen and oxygen atoms in total. The summed E-state index contributed by atoms with van der Waals surface area (Å²) in [6, 6.07) is 4.28. The second-order valence-corrected chi connectivity index (χ2v) is 7.46. The molecular weight excluding hydrogens is 336 g/mol. The lowest BCUT2D eigenvalue weighted by Crippen LogP contribution is -2.28. The van der Waals surface area contributed by atoms with Gasteiger partial charge in [-0.2, -0.15) is 0 Å². The molecule has 0 spiro atoms. The summed E-state index contributed by atoms with van der Waals surface area (Å²) in [7, 11) is 2.20. The van der Waals surface area contributed by atoms with Crippen molar-refractivity contribution in [3.8, 4) is 11.3 Å². The second kappa shape index (κ2) is 9.76. The van der Waals surface area contributed by atoms with Gasteiger partial charge in [-0.15, -0.1) is 0 Å². The third-order valence-corrected chi connectivity index (χ3v) is 5.11. The maximum Gasteiger partial charge on any atom is 0.222 e. The number of pyridine rings is 1. The van der Waals surface area contributed by atoms with Crippen molar-refractivity contribution in [3.63, 3.8) is 0 Å². The van der Waals surface area contributed by atoms with Crippen molar-refractivity contribution in [1.82, 2.24) is 24.8 Å². The summed E-state index contributed by atoms with van der Waals surface area (Å²) in [6.07, 6.45) is 7.40. The van der Waals surface area contributed by atoms with Crippen LogP contribution in [0.15, 0.2) is 24.5 Å². The van der Waals surface area contributed by atoms with Gasteiger partial charge >= 0.3 is 0 Å². The van der Waals surface area contributed by atoms with Gasteiger partial charge in [0.25, 0.3) is 0 Å². The molecule has 1 aliphatic rings. The molecule has 1 saturated heterocycles. The van der Waals surface area contributed by atoms with Gasteiger partial charge in [-0.3, -0.25) is 9.88 Å². The van der Waals surface area contributed by atoms with Gasteiger partial charge in [-0.1, -0.05) is 19.4 Å². The van der Waals surface area contributed by atoms with Crippen molar-refractivity contribution >= 4 is 5.95 Å². The Morgan fingerprint density at radius 1 is 1.07 bits per heavy atom. The van der Waals surface area contributed by atoms with E-state index in [1.165, 1.54) is 18.5 Å². The van der Waals surface area contributed by atoms with Gasteiger partial charge < -0.3 is 10.2 Å². The molecule has 1 fully saturated rings. The first-order valence-corrected chi connectivity index (χ1v) is 10.1. The number of rotatable bonds is 7. The van der Waals surface area contributed by atoms with E-state index in [-0.39, 0.29) is 0 Å². The summed E-state index contributed by atoms with van der Waals surface area (Å²) in [6.45, 7) is 10.7. The van der Waals surface area contributed by atoms with Gasteiger partial charge in [0.1, 0.15) is 0 Å². The molecule has 0 saturated carbocycles. The van der Waals surface area contributed by atoms with Crippen LogP contribution in [-0.4, -0.2) is 64.5 Å². The van der Waals surface area contributed by atoms with Crippen LogP contribution >= 0.6 is 0 Å². The van der Waals surface area contributed by atoms with E-state index < -0.39 is 0 Å². The first-order valence-electron chi connectivity index (χ1n) is 10.1. The molecule has 0 bridgehead atoms. The van der Waals surface area contributed by atoms with Crippen molar-refractivity contribution in [3.05, 3.63) is 35.8 Å². The summed E-state index contributed by atoms with van der Waals surface area (Å²) in [5.74, 6) is 0.701. The highest BCUT2D eigenvalue weighted by Gasteiger charge is 2.13. The average molecular weight is 369 g/mol. The van der Waals surface area contributed by atoms with Gasteiger partial charge in [0.2, 0.25) is 5.95 Å². The molecule has 0 amide bonds. The molecule has 146 valence electrons. The van der Waals surface area contributed by atoms with Crippen LogP contribution in [0.1, 0.15) is 37.4 Å². The zero-order valence-corrected chi connectivity index (χ0v) is 16.9. The van der Waals surface area contributed by atoms with Crippen molar-refractivity contribution in [2.45, 2.75) is 39.7 Å². The lowest BCUT2D eigenvalue weighted by atomic mass is 10.1. The summed E-state index contributed by atoms with van der Waals surface area (Å²) in [4.78, 5) is 18.6. The van der Waals surface area contributed by atoms with E-state index in [1.807, 2.05) is 19.3 Å². The fraction of sp³-hybridized carbons (Fsp3) is 0.571. The van der Waals surface area contributed by atoms with Crippen molar-refractivity contribution in [2.75, 3.05) is 45.1 Å². The van der Waals surface area contributed by atoms with Gasteiger partial charge in [0, 0.05) is 44.1 Å². The molecular formula is C21H32N6. The number of anilines is 1. The minimum absolute atomic E-state index is 0.701. The van der Waals surface area contributed by atoms with Crippen LogP contribution < -0.4 is 5.32 Å². The van der Waals surface area contributed by atoms with Crippen LogP contribution in [0.4, 0.5) is 5.95 Å². The Kier molecular flexibility index (Phi) is 7.12. The third kappa shape index (κ3) is 5.71. The van der Waals surface area contributed by atoms with Crippen molar-refractivity contribution in [1.29, 1.82) is 0 Å². The highest BCUT2D eigenvalue weighted by Crippen LogP contribution is 2.21. The molecule has 0 aliphatic carbocycles. The summed E-state index contributed by atoms with van der Waals surface area (Å²) in [5, 5.41) is 3.28. The Balaban J connectivity index is 1.62. The molecule has 3 heterocycles. The molecule has 3 rings (SSSR count). The van der Waals surface area contributed by atoms with Gasteiger partial charge in [0.15, 0.2) is 0 Å². The number of likely N-dealkylation sites (N-methyl/N-ethyl adjacent to an activating group) is 1. The highest BCUT2D eigenvalue weighted by molar-refractivity contribution is 5.61. The maximum absolute atomic E-state index is 4.68. The van der Waals surface area contributed by atoms with Crippen LogP contribution in [0.5, 0.6) is 0 Å². The molecule has 2 aromatic heterocycles. The predicted octanol–water partition coefficient (Wildman–Crippen LogP) is 3.20. The van der Waals surface area contributed by atoms with Crippen LogP contribution in [0, 0.1) is 6.92 Å². The summed E-state index contributed by atoms with van der Waals surface area (Å²) >= 11 is 0. The highest BCUT2D eigenvalue weighted by atomic mass is 15.2. The summed E-state index contributed by atoms with van der Waals surface area (Å²) < 4.78 is 0. The molecule has 2 aromatic rings. The fourth-order valence-electron chi connectivity index (χ4n) is 3.37. The van der Waals surface area contributed by atoms with Gasteiger partial charge in [-0.05, 0) is 51.5 Å². The van der Waals surface area contributed by atoms with E-state index in [0.29, 0.717) is 5.95 Å². The first kappa shape index (κ1) is 19.7. The second-order valence-electron chi connectivity index (χ2n) is 7.46. The third-order valence-electron chi connectivity index (χ3n) is 5.11. The largest absolute Gasteiger partial charge is 0.354 e. The lowest BCUT2D eigenvalue weighted by Gasteiger charge is -2.20. The van der Waals surface area contributed by atoms with Crippen LogP contribution in [0.2, 0.25) is 0 Å². The van der Waals surface area contributed by atoms with Gasteiger partial charge in [-0.25, -0.2) is 9.97 Å². The number of hydrogen-bond acceptors (Lipinski definition) is 6. The average Bonchev–Trinajstić information content (AvgIpc) is 2.87. The Morgan fingerprint density at radius 3 is 2.70 bits per heavy atom. The fourth-order valence-corrected chi connectivity index (χ4v) is 3.37. The maximum atomic E-state index is 4.68. The van der Waals surface area contributed by atoms with Crippen LogP contribution in [0.3, 0.4) is 0 Å². The van der Waals surface area contributed by atoms with E-state index in [9.17, 15) is 0 Å². The number of aryl methyl sites for hydroxylation is 1. The predicted molar refractivity (Wildman–Crippen MR) is 111 cm³/mol. The Hall–Kier alpha value is -2.05. The van der Waals surface area contributed by atoms with Crippen molar-refractivity contribution < 1.29 is 0 Å². The molecule has 0 aromatic carbocycles. The number of aromatic nitrogens is 3. The molecule has 27 heavy (non-hydrogen) atoms. The van der Waals surface area contributed by atoms with Gasteiger partial charge in [0.05, 0.1) is 11.4 Å². The molecule has 1 N–H and O–H groups in total. The van der Waals surface area contributed by atoms with Crippen molar-refractivity contribution in [2.24, 2.45) is 0 Å². The molecule has 0 atom stereocenters. The smallest absolute Gasteiger partial charge is 0.222 e. The number of nitrogens with one attached hydrogen (secondary N) is 1. The Bertz CT molecular complexity index is 715. The zero-order valence-electron chi connectivity index (χ0n) is 16.9. The topological polar surface area (TPSA) is 57.2 Å². The quantitative estimate of drug-likeness (QED) is 0.758. The molecule has 6 heteroatoms. The zero-order chi connectivity index (χ0) is 19.1. The standard InChI is InChI=1S/C21H32N6/c1-4-5-9-22-21-24-15-19(17(2)25-21)20-8-7-18(14-23-20)16-27-11-6-10-26(3)12-13-27/h7-8,14-15H,4-6,9-13,16H2,1-3H3,(H,22,24,25). The van der Waals surface area contributed by atoms with E-state index >= 15 is 0 Å². The Morgan fingerprint density at radius 2 is 1.96 bits per heavy atom. The minimum atomic E-state index is 0.701. The van der Waals surface area contributed by atoms with E-state index in [4.69, 9.17) is 0 Å². The summed E-state index contributed by atoms with van der Waals surface area (Å²) in [5.41, 5.74) is 4.16.